The molecule has 29 heavy (non-hydrogen) atoms. The lowest BCUT2D eigenvalue weighted by Crippen LogP contribution is -2.42. The monoisotopic (exact) mass is 438 g/mol. The lowest BCUT2D eigenvalue weighted by Gasteiger charge is -2.33. The van der Waals surface area contributed by atoms with Crippen molar-refractivity contribution in [3.8, 4) is 0 Å². The van der Waals surface area contributed by atoms with E-state index in [1.807, 2.05) is 31.0 Å². The van der Waals surface area contributed by atoms with Crippen molar-refractivity contribution in [1.29, 1.82) is 0 Å². The molecule has 1 aromatic heterocycles. The maximum Gasteiger partial charge on any atom is 0.255 e. The Morgan fingerprint density at radius 1 is 1.17 bits per heavy atom. The summed E-state index contributed by atoms with van der Waals surface area (Å²) in [5.74, 6) is 0.198. The molecule has 6 nitrogen and oxygen atoms in total. The van der Waals surface area contributed by atoms with Crippen LogP contribution in [0.4, 0.5) is 5.69 Å². The third-order valence-electron chi connectivity index (χ3n) is 4.98. The minimum atomic E-state index is -0.243. The van der Waals surface area contributed by atoms with Crippen molar-refractivity contribution in [1.82, 2.24) is 15.2 Å². The van der Waals surface area contributed by atoms with E-state index in [0.717, 1.165) is 38.0 Å². The van der Waals surface area contributed by atoms with E-state index in [1.54, 1.807) is 30.6 Å². The van der Waals surface area contributed by atoms with Gasteiger partial charge >= 0.3 is 0 Å². The van der Waals surface area contributed by atoms with Gasteiger partial charge in [-0.3, -0.25) is 14.6 Å². The van der Waals surface area contributed by atoms with Gasteiger partial charge in [-0.05, 0) is 63.0 Å². The second-order valence-electron chi connectivity index (χ2n) is 7.00. The number of benzene rings is 1. The van der Waals surface area contributed by atoms with Crippen molar-refractivity contribution < 1.29 is 9.59 Å². The van der Waals surface area contributed by atoms with Crippen LogP contribution in [-0.2, 0) is 0 Å². The molecule has 1 saturated heterocycles. The smallest absolute Gasteiger partial charge is 0.255 e. The average molecular weight is 439 g/mol. The highest BCUT2D eigenvalue weighted by molar-refractivity contribution is 6.09. The first-order valence-corrected chi connectivity index (χ1v) is 9.35. The zero-order chi connectivity index (χ0) is 19.2. The van der Waals surface area contributed by atoms with Crippen LogP contribution in [0.25, 0.3) is 0 Å². The summed E-state index contributed by atoms with van der Waals surface area (Å²) in [6.45, 7) is 4.30. The molecule has 3 rings (SSSR count). The molecule has 2 aromatic rings. The van der Waals surface area contributed by atoms with Crippen LogP contribution in [0, 0.1) is 12.8 Å². The number of hydrogen-bond acceptors (Lipinski definition) is 4. The summed E-state index contributed by atoms with van der Waals surface area (Å²) >= 11 is 0. The van der Waals surface area contributed by atoms with Crippen molar-refractivity contribution in [3.63, 3.8) is 0 Å². The van der Waals surface area contributed by atoms with Crippen LogP contribution in [0.2, 0.25) is 0 Å². The molecular formula is C21H28Cl2N4O2. The number of carbonyl (C=O) groups excluding carboxylic acids is 2. The molecule has 0 spiro atoms. The summed E-state index contributed by atoms with van der Waals surface area (Å²) in [7, 11) is 1.94. The SMILES string of the molecule is CNCC1CCCN(C(=O)c2cccc(C)c2NC(=O)c2ccncc2)C1.Cl.Cl. The van der Waals surface area contributed by atoms with E-state index in [1.165, 1.54) is 0 Å². The average Bonchev–Trinajstić information content (AvgIpc) is 2.70. The molecule has 0 radical (unpaired) electrons. The number of para-hydroxylation sites is 1. The first kappa shape index (κ1) is 24.9. The van der Waals surface area contributed by atoms with Gasteiger partial charge in [-0.25, -0.2) is 0 Å². The Morgan fingerprint density at radius 2 is 1.90 bits per heavy atom. The number of carbonyl (C=O) groups is 2. The van der Waals surface area contributed by atoms with Gasteiger partial charge in [-0.1, -0.05) is 12.1 Å². The van der Waals surface area contributed by atoms with Crippen LogP contribution in [0.1, 0.15) is 39.1 Å². The number of rotatable bonds is 5. The Kier molecular flexibility index (Phi) is 10.1. The lowest BCUT2D eigenvalue weighted by atomic mass is 9.96. The van der Waals surface area contributed by atoms with E-state index in [0.29, 0.717) is 22.7 Å². The number of halogens is 2. The maximum atomic E-state index is 13.2. The zero-order valence-electron chi connectivity index (χ0n) is 16.7. The molecule has 1 aliphatic heterocycles. The van der Waals surface area contributed by atoms with Crippen molar-refractivity contribution in [2.24, 2.45) is 5.92 Å². The summed E-state index contributed by atoms with van der Waals surface area (Å²) < 4.78 is 0. The summed E-state index contributed by atoms with van der Waals surface area (Å²) in [6, 6.07) is 8.86. The molecule has 1 atom stereocenters. The second-order valence-corrected chi connectivity index (χ2v) is 7.00. The number of pyridine rings is 1. The van der Waals surface area contributed by atoms with Gasteiger partial charge < -0.3 is 15.5 Å². The largest absolute Gasteiger partial charge is 0.338 e. The highest BCUT2D eigenvalue weighted by atomic mass is 35.5. The summed E-state index contributed by atoms with van der Waals surface area (Å²) in [6.07, 6.45) is 5.29. The van der Waals surface area contributed by atoms with E-state index >= 15 is 0 Å². The van der Waals surface area contributed by atoms with Gasteiger partial charge in [0.25, 0.3) is 11.8 Å². The Bertz CT molecular complexity index is 816. The van der Waals surface area contributed by atoms with Crippen LogP contribution in [0.15, 0.2) is 42.7 Å². The molecule has 8 heteroatoms. The first-order valence-electron chi connectivity index (χ1n) is 9.35. The Labute approximate surface area is 184 Å². The number of piperidine rings is 1. The van der Waals surface area contributed by atoms with Crippen LogP contribution in [-0.4, -0.2) is 48.4 Å². The van der Waals surface area contributed by atoms with Gasteiger partial charge in [0.05, 0.1) is 11.3 Å². The molecule has 0 saturated carbocycles. The fourth-order valence-corrected chi connectivity index (χ4v) is 3.58. The first-order chi connectivity index (χ1) is 13.1. The number of aromatic nitrogens is 1. The summed E-state index contributed by atoms with van der Waals surface area (Å²) in [5, 5.41) is 6.13. The van der Waals surface area contributed by atoms with Crippen molar-refractivity contribution in [3.05, 3.63) is 59.4 Å². The number of amides is 2. The second kappa shape index (κ2) is 11.8. The Morgan fingerprint density at radius 3 is 2.59 bits per heavy atom. The van der Waals surface area contributed by atoms with Crippen molar-refractivity contribution >= 4 is 42.3 Å². The molecule has 0 bridgehead atoms. The van der Waals surface area contributed by atoms with Gasteiger partial charge in [0, 0.05) is 31.0 Å². The van der Waals surface area contributed by atoms with E-state index < -0.39 is 0 Å². The minimum Gasteiger partial charge on any atom is -0.338 e. The highest BCUT2D eigenvalue weighted by Gasteiger charge is 2.26. The molecule has 158 valence electrons. The lowest BCUT2D eigenvalue weighted by molar-refractivity contribution is 0.0675. The number of nitrogens with one attached hydrogen (secondary N) is 2. The molecule has 2 amide bonds. The minimum absolute atomic E-state index is 0. The molecule has 1 fully saturated rings. The molecule has 2 N–H and O–H groups in total. The molecule has 1 aromatic carbocycles. The van der Waals surface area contributed by atoms with Crippen LogP contribution < -0.4 is 10.6 Å². The summed E-state index contributed by atoms with van der Waals surface area (Å²) in [5.41, 5.74) is 2.51. The fourth-order valence-electron chi connectivity index (χ4n) is 3.58. The number of hydrogen-bond donors (Lipinski definition) is 2. The number of anilines is 1. The van der Waals surface area contributed by atoms with E-state index in [-0.39, 0.29) is 36.6 Å². The number of likely N-dealkylation sites (tertiary alicyclic amines) is 1. The van der Waals surface area contributed by atoms with Crippen molar-refractivity contribution in [2.75, 3.05) is 32.0 Å². The highest BCUT2D eigenvalue weighted by Crippen LogP contribution is 2.25. The standard InChI is InChI=1S/C21H26N4O2.2ClH/c1-15-5-3-7-18(19(15)24-20(26)17-8-10-23-11-9-17)21(27)25-12-4-6-16(14-25)13-22-2;;/h3,5,7-11,16,22H,4,6,12-14H2,1-2H3,(H,24,26);2*1H. The zero-order valence-corrected chi connectivity index (χ0v) is 18.3. The predicted molar refractivity (Wildman–Crippen MR) is 120 cm³/mol. The quantitative estimate of drug-likeness (QED) is 0.747. The molecule has 2 heterocycles. The summed E-state index contributed by atoms with van der Waals surface area (Å²) in [4.78, 5) is 31.6. The number of aryl methyl sites for hydroxylation is 1. The molecular weight excluding hydrogens is 411 g/mol. The van der Waals surface area contributed by atoms with Crippen LogP contribution in [0.5, 0.6) is 0 Å². The van der Waals surface area contributed by atoms with E-state index in [4.69, 9.17) is 0 Å². The van der Waals surface area contributed by atoms with Crippen LogP contribution in [0.3, 0.4) is 0 Å². The van der Waals surface area contributed by atoms with E-state index in [9.17, 15) is 9.59 Å². The van der Waals surface area contributed by atoms with E-state index in [2.05, 4.69) is 15.6 Å². The van der Waals surface area contributed by atoms with Gasteiger partial charge in [-0.2, -0.15) is 0 Å². The topological polar surface area (TPSA) is 74.3 Å². The third kappa shape index (κ3) is 6.16. The van der Waals surface area contributed by atoms with Gasteiger partial charge in [0.2, 0.25) is 0 Å². The molecule has 0 aliphatic carbocycles. The Hall–Kier alpha value is -2.15. The van der Waals surface area contributed by atoms with Gasteiger partial charge in [0.1, 0.15) is 0 Å². The van der Waals surface area contributed by atoms with Gasteiger partial charge in [-0.15, -0.1) is 24.8 Å². The third-order valence-corrected chi connectivity index (χ3v) is 4.98. The molecule has 1 aliphatic rings. The number of nitrogens with zero attached hydrogens (tertiary/aromatic N) is 2. The normalized spacial score (nSPS) is 15.7. The fraction of sp³-hybridized carbons (Fsp3) is 0.381. The molecule has 1 unspecified atom stereocenters. The van der Waals surface area contributed by atoms with Gasteiger partial charge in [0.15, 0.2) is 0 Å². The Balaban J connectivity index is 0.00000210. The van der Waals surface area contributed by atoms with Crippen molar-refractivity contribution in [2.45, 2.75) is 19.8 Å². The predicted octanol–water partition coefficient (Wildman–Crippen LogP) is 3.56. The maximum absolute atomic E-state index is 13.2. The van der Waals surface area contributed by atoms with Crippen LogP contribution >= 0.6 is 24.8 Å².